The molecule has 0 saturated carbocycles. The zero-order valence-electron chi connectivity index (χ0n) is 7.20. The first-order valence-corrected chi connectivity index (χ1v) is 3.99. The van der Waals surface area contributed by atoms with Crippen LogP contribution >= 0.6 is 0 Å². The third kappa shape index (κ3) is 1.40. The lowest BCUT2D eigenvalue weighted by Gasteiger charge is -1.96. The van der Waals surface area contributed by atoms with Gasteiger partial charge in [-0.2, -0.15) is 0 Å². The standard InChI is InChI=1S/C10H9NO2/c1-7-4-10(12)9(5-11-7)8-2-3-13-6-8/h2-6H,1H3,(H,11,12). The van der Waals surface area contributed by atoms with Crippen LogP contribution in [0.3, 0.4) is 0 Å². The van der Waals surface area contributed by atoms with E-state index >= 15 is 0 Å². The molecule has 0 aliphatic carbocycles. The van der Waals surface area contributed by atoms with Gasteiger partial charge in [0.1, 0.15) is 0 Å². The number of aryl methyl sites for hydroxylation is 1. The number of hydrogen-bond donors (Lipinski definition) is 1. The van der Waals surface area contributed by atoms with Gasteiger partial charge < -0.3 is 9.40 Å². The van der Waals surface area contributed by atoms with Gasteiger partial charge in [-0.15, -0.1) is 0 Å². The quantitative estimate of drug-likeness (QED) is 0.719. The molecule has 2 aromatic rings. The van der Waals surface area contributed by atoms with E-state index in [4.69, 9.17) is 4.42 Å². The highest BCUT2D eigenvalue weighted by molar-refractivity contribution is 5.60. The smallest absolute Gasteiger partial charge is 0.189 e. The van der Waals surface area contributed by atoms with Crippen molar-refractivity contribution in [3.05, 3.63) is 46.8 Å². The van der Waals surface area contributed by atoms with Gasteiger partial charge in [-0.05, 0) is 13.0 Å². The molecule has 0 aromatic carbocycles. The van der Waals surface area contributed by atoms with E-state index in [0.29, 0.717) is 5.56 Å². The number of nitrogens with one attached hydrogen (secondary N) is 1. The molecule has 2 heterocycles. The van der Waals surface area contributed by atoms with Crippen molar-refractivity contribution in [1.29, 1.82) is 0 Å². The Kier molecular flexibility index (Phi) is 1.77. The largest absolute Gasteiger partial charge is 0.472 e. The van der Waals surface area contributed by atoms with E-state index in [0.717, 1.165) is 11.3 Å². The molecular formula is C10H9NO2. The van der Waals surface area contributed by atoms with Crippen LogP contribution in [0.25, 0.3) is 11.1 Å². The molecule has 0 fully saturated rings. The fourth-order valence-corrected chi connectivity index (χ4v) is 1.22. The molecule has 2 rings (SSSR count). The third-order valence-corrected chi connectivity index (χ3v) is 1.89. The summed E-state index contributed by atoms with van der Waals surface area (Å²) in [4.78, 5) is 14.5. The zero-order valence-corrected chi connectivity index (χ0v) is 7.20. The van der Waals surface area contributed by atoms with Crippen LogP contribution in [0.4, 0.5) is 0 Å². The Bertz CT molecular complexity index is 454. The second-order valence-corrected chi connectivity index (χ2v) is 2.91. The molecule has 0 saturated heterocycles. The predicted molar refractivity (Wildman–Crippen MR) is 49.5 cm³/mol. The molecule has 1 N–H and O–H groups in total. The van der Waals surface area contributed by atoms with E-state index in [2.05, 4.69) is 4.98 Å². The maximum atomic E-state index is 11.5. The van der Waals surface area contributed by atoms with E-state index < -0.39 is 0 Å². The first kappa shape index (κ1) is 7.86. The van der Waals surface area contributed by atoms with Crippen molar-refractivity contribution < 1.29 is 4.42 Å². The minimum atomic E-state index is 0.0117. The second-order valence-electron chi connectivity index (χ2n) is 2.91. The molecule has 0 spiro atoms. The molecule has 2 aromatic heterocycles. The monoisotopic (exact) mass is 175 g/mol. The lowest BCUT2D eigenvalue weighted by Crippen LogP contribution is -2.04. The average Bonchev–Trinajstić information content (AvgIpc) is 2.56. The Morgan fingerprint density at radius 1 is 1.46 bits per heavy atom. The van der Waals surface area contributed by atoms with Crippen LogP contribution < -0.4 is 5.43 Å². The second kappa shape index (κ2) is 2.94. The van der Waals surface area contributed by atoms with Crippen LogP contribution in [0.5, 0.6) is 0 Å². The van der Waals surface area contributed by atoms with E-state index in [1.807, 2.05) is 6.92 Å². The Morgan fingerprint density at radius 3 is 2.92 bits per heavy atom. The van der Waals surface area contributed by atoms with Crippen molar-refractivity contribution in [2.45, 2.75) is 6.92 Å². The topological polar surface area (TPSA) is 46.0 Å². The first-order chi connectivity index (χ1) is 6.27. The molecular weight excluding hydrogens is 166 g/mol. The molecule has 3 heteroatoms. The summed E-state index contributed by atoms with van der Waals surface area (Å²) in [6.07, 6.45) is 4.80. The van der Waals surface area contributed by atoms with Crippen molar-refractivity contribution in [3.8, 4) is 11.1 Å². The summed E-state index contributed by atoms with van der Waals surface area (Å²) in [5, 5.41) is 0. The van der Waals surface area contributed by atoms with Crippen molar-refractivity contribution in [1.82, 2.24) is 4.98 Å². The van der Waals surface area contributed by atoms with Crippen molar-refractivity contribution >= 4 is 0 Å². The normalized spacial score (nSPS) is 10.2. The fourth-order valence-electron chi connectivity index (χ4n) is 1.22. The molecule has 66 valence electrons. The van der Waals surface area contributed by atoms with Gasteiger partial charge in [0.2, 0.25) is 0 Å². The summed E-state index contributed by atoms with van der Waals surface area (Å²) >= 11 is 0. The van der Waals surface area contributed by atoms with Gasteiger partial charge in [0.25, 0.3) is 0 Å². The van der Waals surface area contributed by atoms with Gasteiger partial charge in [0, 0.05) is 29.1 Å². The molecule has 0 radical (unpaired) electrons. The van der Waals surface area contributed by atoms with Crippen LogP contribution in [-0.4, -0.2) is 4.98 Å². The highest BCUT2D eigenvalue weighted by atomic mass is 16.3. The Hall–Kier alpha value is -1.77. The number of rotatable bonds is 1. The summed E-state index contributed by atoms with van der Waals surface area (Å²) in [5.74, 6) is 0. The molecule has 3 nitrogen and oxygen atoms in total. The number of aromatic nitrogens is 1. The van der Waals surface area contributed by atoms with Crippen LogP contribution in [0, 0.1) is 6.92 Å². The Morgan fingerprint density at radius 2 is 2.31 bits per heavy atom. The number of H-pyrrole nitrogens is 1. The Labute approximate surface area is 75.0 Å². The Balaban J connectivity index is 2.60. The summed E-state index contributed by atoms with van der Waals surface area (Å²) < 4.78 is 4.90. The van der Waals surface area contributed by atoms with E-state index in [1.165, 1.54) is 0 Å². The highest BCUT2D eigenvalue weighted by Crippen LogP contribution is 2.14. The molecule has 0 amide bonds. The van der Waals surface area contributed by atoms with Gasteiger partial charge in [-0.25, -0.2) is 0 Å². The van der Waals surface area contributed by atoms with Gasteiger partial charge in [-0.1, -0.05) is 0 Å². The fraction of sp³-hybridized carbons (Fsp3) is 0.100. The maximum absolute atomic E-state index is 11.5. The molecule has 0 unspecified atom stereocenters. The lowest BCUT2D eigenvalue weighted by molar-refractivity contribution is 0.568. The van der Waals surface area contributed by atoms with Crippen LogP contribution in [0.1, 0.15) is 5.69 Å². The summed E-state index contributed by atoms with van der Waals surface area (Å²) in [6.45, 7) is 1.85. The minimum Gasteiger partial charge on any atom is -0.472 e. The van der Waals surface area contributed by atoms with Crippen molar-refractivity contribution in [2.75, 3.05) is 0 Å². The molecule has 0 aliphatic rings. The van der Waals surface area contributed by atoms with Gasteiger partial charge in [-0.3, -0.25) is 4.79 Å². The number of aromatic amines is 1. The predicted octanol–water partition coefficient (Wildman–Crippen LogP) is 1.94. The van der Waals surface area contributed by atoms with E-state index in [1.54, 1.807) is 30.9 Å². The van der Waals surface area contributed by atoms with Gasteiger partial charge in [0.05, 0.1) is 12.5 Å². The van der Waals surface area contributed by atoms with E-state index in [-0.39, 0.29) is 5.43 Å². The number of hydrogen-bond acceptors (Lipinski definition) is 2. The SMILES string of the molecule is Cc1cc(=O)c(-c2ccoc2)c[nH]1. The number of furan rings is 1. The highest BCUT2D eigenvalue weighted by Gasteiger charge is 2.03. The van der Waals surface area contributed by atoms with Crippen LogP contribution in [-0.2, 0) is 0 Å². The molecule has 13 heavy (non-hydrogen) atoms. The van der Waals surface area contributed by atoms with E-state index in [9.17, 15) is 4.79 Å². The van der Waals surface area contributed by atoms with Crippen LogP contribution in [0.2, 0.25) is 0 Å². The molecule has 0 aliphatic heterocycles. The summed E-state index contributed by atoms with van der Waals surface area (Å²) in [6, 6.07) is 3.34. The zero-order chi connectivity index (χ0) is 9.26. The third-order valence-electron chi connectivity index (χ3n) is 1.89. The number of pyridine rings is 1. The van der Waals surface area contributed by atoms with Crippen molar-refractivity contribution in [2.24, 2.45) is 0 Å². The lowest BCUT2D eigenvalue weighted by atomic mass is 10.1. The summed E-state index contributed by atoms with van der Waals surface area (Å²) in [7, 11) is 0. The summed E-state index contributed by atoms with van der Waals surface area (Å²) in [5.41, 5.74) is 2.32. The maximum Gasteiger partial charge on any atom is 0.189 e. The van der Waals surface area contributed by atoms with Gasteiger partial charge in [0.15, 0.2) is 5.43 Å². The minimum absolute atomic E-state index is 0.0117. The molecule has 0 bridgehead atoms. The van der Waals surface area contributed by atoms with Crippen molar-refractivity contribution in [3.63, 3.8) is 0 Å². The van der Waals surface area contributed by atoms with Crippen LogP contribution in [0.15, 0.2) is 40.1 Å². The first-order valence-electron chi connectivity index (χ1n) is 3.99. The molecule has 0 atom stereocenters. The van der Waals surface area contributed by atoms with Gasteiger partial charge >= 0.3 is 0 Å². The average molecular weight is 175 g/mol.